The molecule has 0 aliphatic carbocycles. The average Bonchev–Trinajstić information content (AvgIpc) is 2.74. The molecule has 72 valence electrons. The summed E-state index contributed by atoms with van der Waals surface area (Å²) in [6.07, 6.45) is 5.49. The van der Waals surface area contributed by atoms with Gasteiger partial charge in [-0.15, -0.1) is 0 Å². The fourth-order valence-corrected chi connectivity index (χ4v) is 1.59. The van der Waals surface area contributed by atoms with Gasteiger partial charge in [0.25, 0.3) is 0 Å². The Morgan fingerprint density at radius 2 is 1.87 bits per heavy atom. The molecule has 3 aromatic rings. The second-order valence-corrected chi connectivity index (χ2v) is 3.34. The molecule has 2 heterocycles. The van der Waals surface area contributed by atoms with Gasteiger partial charge in [0.1, 0.15) is 12.0 Å². The number of aromatic nitrogens is 3. The zero-order chi connectivity index (χ0) is 10.1. The monoisotopic (exact) mass is 195 g/mol. The Morgan fingerprint density at radius 3 is 2.67 bits per heavy atom. The van der Waals surface area contributed by atoms with Crippen LogP contribution in [0.5, 0.6) is 0 Å². The molecule has 0 amide bonds. The van der Waals surface area contributed by atoms with Crippen molar-refractivity contribution in [1.82, 2.24) is 14.4 Å². The van der Waals surface area contributed by atoms with E-state index in [9.17, 15) is 0 Å². The van der Waals surface area contributed by atoms with E-state index in [1.54, 1.807) is 12.5 Å². The van der Waals surface area contributed by atoms with Gasteiger partial charge in [-0.25, -0.2) is 9.97 Å². The average molecular weight is 195 g/mol. The summed E-state index contributed by atoms with van der Waals surface area (Å²) in [5, 5.41) is 0. The molecule has 0 aliphatic rings. The summed E-state index contributed by atoms with van der Waals surface area (Å²) in [7, 11) is 0. The van der Waals surface area contributed by atoms with E-state index in [1.165, 1.54) is 0 Å². The lowest BCUT2D eigenvalue weighted by Gasteiger charge is -1.92. The van der Waals surface area contributed by atoms with Crippen LogP contribution in [0.15, 0.2) is 55.1 Å². The predicted octanol–water partition coefficient (Wildman–Crippen LogP) is 2.40. The lowest BCUT2D eigenvalue weighted by Crippen LogP contribution is -1.81. The third-order valence-corrected chi connectivity index (χ3v) is 2.33. The zero-order valence-corrected chi connectivity index (χ0v) is 8.04. The third-order valence-electron chi connectivity index (χ3n) is 2.33. The van der Waals surface area contributed by atoms with Crippen LogP contribution in [0.25, 0.3) is 16.9 Å². The molecule has 0 atom stereocenters. The summed E-state index contributed by atoms with van der Waals surface area (Å²) in [5.74, 6) is 0. The number of nitrogens with zero attached hydrogens (tertiary/aromatic N) is 3. The minimum Gasteiger partial charge on any atom is -0.290 e. The van der Waals surface area contributed by atoms with Crippen LogP contribution in [0.1, 0.15) is 0 Å². The Labute approximate surface area is 87.0 Å². The van der Waals surface area contributed by atoms with Crippen molar-refractivity contribution >= 4 is 5.65 Å². The number of benzene rings is 1. The van der Waals surface area contributed by atoms with Crippen molar-refractivity contribution < 1.29 is 0 Å². The fraction of sp³-hybridized carbons (Fsp3) is 0. The highest BCUT2D eigenvalue weighted by atomic mass is 15.0. The molecule has 2 aromatic heterocycles. The second-order valence-electron chi connectivity index (χ2n) is 3.34. The van der Waals surface area contributed by atoms with Gasteiger partial charge in [0.05, 0.1) is 5.69 Å². The third kappa shape index (κ3) is 1.38. The number of hydrogen-bond acceptors (Lipinski definition) is 2. The van der Waals surface area contributed by atoms with Crippen molar-refractivity contribution in [3.05, 3.63) is 55.1 Å². The second kappa shape index (κ2) is 3.20. The van der Waals surface area contributed by atoms with Crippen molar-refractivity contribution in [2.45, 2.75) is 0 Å². The van der Waals surface area contributed by atoms with E-state index in [-0.39, 0.29) is 0 Å². The lowest BCUT2D eigenvalue weighted by molar-refractivity contribution is 1.09. The van der Waals surface area contributed by atoms with E-state index in [1.807, 2.05) is 34.9 Å². The van der Waals surface area contributed by atoms with Gasteiger partial charge in [-0.05, 0) is 6.07 Å². The molecule has 1 aromatic carbocycles. The van der Waals surface area contributed by atoms with Crippen LogP contribution in [0.2, 0.25) is 0 Å². The fourth-order valence-electron chi connectivity index (χ4n) is 1.59. The molecule has 0 unspecified atom stereocenters. The normalized spacial score (nSPS) is 10.7. The van der Waals surface area contributed by atoms with Crippen molar-refractivity contribution in [1.29, 1.82) is 0 Å². The van der Waals surface area contributed by atoms with Crippen LogP contribution in [0.3, 0.4) is 0 Å². The number of fused-ring (bicyclic) bond motifs is 1. The van der Waals surface area contributed by atoms with Crippen LogP contribution in [-0.4, -0.2) is 14.4 Å². The van der Waals surface area contributed by atoms with Gasteiger partial charge in [-0.1, -0.05) is 30.3 Å². The minimum absolute atomic E-state index is 0.920. The molecule has 0 saturated carbocycles. The van der Waals surface area contributed by atoms with Crippen LogP contribution in [-0.2, 0) is 0 Å². The van der Waals surface area contributed by atoms with E-state index >= 15 is 0 Å². The first-order valence-corrected chi connectivity index (χ1v) is 4.77. The molecule has 0 saturated heterocycles. The van der Waals surface area contributed by atoms with Crippen LogP contribution in [0.4, 0.5) is 0 Å². The Kier molecular flexibility index (Phi) is 1.75. The molecular formula is C12H9N3. The van der Waals surface area contributed by atoms with Crippen molar-refractivity contribution in [2.75, 3.05) is 0 Å². The number of rotatable bonds is 1. The maximum absolute atomic E-state index is 4.51. The maximum Gasteiger partial charge on any atom is 0.140 e. The van der Waals surface area contributed by atoms with Crippen molar-refractivity contribution in [3.8, 4) is 11.3 Å². The quantitative estimate of drug-likeness (QED) is 0.596. The topological polar surface area (TPSA) is 30.2 Å². The van der Waals surface area contributed by atoms with Crippen molar-refractivity contribution in [2.24, 2.45) is 0 Å². The number of imidazole rings is 1. The molecule has 3 nitrogen and oxygen atoms in total. The summed E-state index contributed by atoms with van der Waals surface area (Å²) in [6, 6.07) is 12.0. The molecule has 0 N–H and O–H groups in total. The van der Waals surface area contributed by atoms with Crippen LogP contribution >= 0.6 is 0 Å². The smallest absolute Gasteiger partial charge is 0.140 e. The van der Waals surface area contributed by atoms with Crippen molar-refractivity contribution in [3.63, 3.8) is 0 Å². The minimum atomic E-state index is 0.920. The molecule has 0 bridgehead atoms. The van der Waals surface area contributed by atoms with Gasteiger partial charge in [0.2, 0.25) is 0 Å². The first-order valence-electron chi connectivity index (χ1n) is 4.77. The summed E-state index contributed by atoms with van der Waals surface area (Å²) >= 11 is 0. The highest BCUT2D eigenvalue weighted by molar-refractivity contribution is 5.62. The Hall–Kier alpha value is -2.16. The van der Waals surface area contributed by atoms with Gasteiger partial charge < -0.3 is 0 Å². The van der Waals surface area contributed by atoms with Gasteiger partial charge in [-0.2, -0.15) is 0 Å². The SMILES string of the molecule is c1ccc(-c2cn3cnccc3n2)cc1. The standard InChI is InChI=1S/C12H9N3/c1-2-4-10(5-3-1)11-8-15-9-13-7-6-12(15)14-11/h1-9H. The molecule has 0 spiro atoms. The Morgan fingerprint density at radius 1 is 1.00 bits per heavy atom. The summed E-state index contributed by atoms with van der Waals surface area (Å²) in [4.78, 5) is 8.55. The summed E-state index contributed by atoms with van der Waals surface area (Å²) in [6.45, 7) is 0. The van der Waals surface area contributed by atoms with E-state index in [4.69, 9.17) is 0 Å². The highest BCUT2D eigenvalue weighted by Crippen LogP contribution is 2.17. The molecule has 3 heteroatoms. The lowest BCUT2D eigenvalue weighted by atomic mass is 10.2. The van der Waals surface area contributed by atoms with Gasteiger partial charge in [-0.3, -0.25) is 4.40 Å². The molecular weight excluding hydrogens is 186 g/mol. The van der Waals surface area contributed by atoms with Gasteiger partial charge in [0, 0.05) is 18.0 Å². The number of hydrogen-bond donors (Lipinski definition) is 0. The largest absolute Gasteiger partial charge is 0.290 e. The predicted molar refractivity (Wildman–Crippen MR) is 58.4 cm³/mol. The first-order chi connectivity index (χ1) is 7.43. The highest BCUT2D eigenvalue weighted by Gasteiger charge is 2.02. The van der Waals surface area contributed by atoms with Crippen LogP contribution < -0.4 is 0 Å². The van der Waals surface area contributed by atoms with E-state index in [0.717, 1.165) is 16.9 Å². The van der Waals surface area contributed by atoms with E-state index in [2.05, 4.69) is 22.1 Å². The van der Waals surface area contributed by atoms with E-state index < -0.39 is 0 Å². The first kappa shape index (κ1) is 8.17. The summed E-state index contributed by atoms with van der Waals surface area (Å²) < 4.78 is 1.92. The molecule has 15 heavy (non-hydrogen) atoms. The van der Waals surface area contributed by atoms with E-state index in [0.29, 0.717) is 0 Å². The van der Waals surface area contributed by atoms with Gasteiger partial charge in [0.15, 0.2) is 0 Å². The maximum atomic E-state index is 4.51. The van der Waals surface area contributed by atoms with Gasteiger partial charge >= 0.3 is 0 Å². The molecule has 0 radical (unpaired) electrons. The Balaban J connectivity index is 2.21. The molecule has 0 aliphatic heterocycles. The molecule has 0 fully saturated rings. The van der Waals surface area contributed by atoms with Crippen LogP contribution in [0, 0.1) is 0 Å². The Bertz CT molecular complexity index is 551. The molecule has 3 rings (SSSR count). The summed E-state index contributed by atoms with van der Waals surface area (Å²) in [5.41, 5.74) is 3.02. The zero-order valence-electron chi connectivity index (χ0n) is 8.04.